The smallest absolute Gasteiger partial charge is 0.124 e. The van der Waals surface area contributed by atoms with E-state index in [0.29, 0.717) is 6.04 Å². The molecule has 3 heteroatoms. The second-order valence-corrected chi connectivity index (χ2v) is 6.92. The van der Waals surface area contributed by atoms with E-state index in [0.717, 1.165) is 34.7 Å². The van der Waals surface area contributed by atoms with E-state index in [4.69, 9.17) is 16.3 Å². The average Bonchev–Trinajstić information content (AvgIpc) is 2.71. The molecule has 21 heavy (non-hydrogen) atoms. The summed E-state index contributed by atoms with van der Waals surface area (Å²) < 4.78 is 5.41. The lowest BCUT2D eigenvalue weighted by atomic mass is 9.89. The highest BCUT2D eigenvalue weighted by atomic mass is 35.5. The summed E-state index contributed by atoms with van der Waals surface area (Å²) in [6.45, 7) is 5.50. The van der Waals surface area contributed by atoms with E-state index in [2.05, 4.69) is 19.2 Å². The maximum absolute atomic E-state index is 6.30. The fourth-order valence-electron chi connectivity index (χ4n) is 3.35. The number of hydrogen-bond donors (Lipinski definition) is 1. The van der Waals surface area contributed by atoms with E-state index >= 15 is 0 Å². The molecular weight excluding hydrogens is 282 g/mol. The number of nitrogens with one attached hydrogen (secondary N) is 1. The normalized spacial score (nSPS) is 23.1. The first kappa shape index (κ1) is 16.6. The summed E-state index contributed by atoms with van der Waals surface area (Å²) in [5, 5.41) is 4.48. The van der Waals surface area contributed by atoms with Gasteiger partial charge in [-0.2, -0.15) is 0 Å². The number of methoxy groups -OCH3 is 1. The van der Waals surface area contributed by atoms with Crippen LogP contribution in [0.2, 0.25) is 5.02 Å². The average molecular weight is 310 g/mol. The first-order valence-corrected chi connectivity index (χ1v) is 8.54. The van der Waals surface area contributed by atoms with Gasteiger partial charge in [0.25, 0.3) is 0 Å². The summed E-state index contributed by atoms with van der Waals surface area (Å²) in [7, 11) is 1.70. The molecule has 118 valence electrons. The Morgan fingerprint density at radius 3 is 2.76 bits per heavy atom. The third-order valence-electron chi connectivity index (χ3n) is 4.82. The van der Waals surface area contributed by atoms with Gasteiger partial charge in [0.2, 0.25) is 0 Å². The monoisotopic (exact) mass is 309 g/mol. The molecule has 2 unspecified atom stereocenters. The van der Waals surface area contributed by atoms with Gasteiger partial charge in [0, 0.05) is 23.2 Å². The molecule has 0 heterocycles. The van der Waals surface area contributed by atoms with Crippen molar-refractivity contribution in [1.82, 2.24) is 5.32 Å². The number of hydrogen-bond acceptors (Lipinski definition) is 2. The van der Waals surface area contributed by atoms with E-state index in [-0.39, 0.29) is 0 Å². The number of rotatable bonds is 5. The molecule has 1 aliphatic carbocycles. The Balaban J connectivity index is 1.91. The molecule has 0 bridgehead atoms. The van der Waals surface area contributed by atoms with Crippen LogP contribution in [-0.2, 0) is 6.54 Å². The van der Waals surface area contributed by atoms with Crippen LogP contribution in [0.15, 0.2) is 18.2 Å². The first-order chi connectivity index (χ1) is 10.1. The number of ether oxygens (including phenoxy) is 1. The molecule has 1 saturated carbocycles. The molecule has 2 atom stereocenters. The molecule has 0 aliphatic heterocycles. The molecule has 1 fully saturated rings. The van der Waals surface area contributed by atoms with Crippen LogP contribution >= 0.6 is 11.6 Å². The lowest BCUT2D eigenvalue weighted by molar-refractivity contribution is 0.337. The summed E-state index contributed by atoms with van der Waals surface area (Å²) in [6.07, 6.45) is 6.60. The van der Waals surface area contributed by atoms with Crippen LogP contribution in [-0.4, -0.2) is 13.2 Å². The summed E-state index contributed by atoms with van der Waals surface area (Å²) in [4.78, 5) is 0. The van der Waals surface area contributed by atoms with Gasteiger partial charge in [-0.15, -0.1) is 0 Å². The Kier molecular flexibility index (Phi) is 6.38. The molecule has 1 aliphatic rings. The van der Waals surface area contributed by atoms with Gasteiger partial charge in [0.05, 0.1) is 7.11 Å². The molecule has 0 spiro atoms. The van der Waals surface area contributed by atoms with Crippen LogP contribution in [0.3, 0.4) is 0 Å². The first-order valence-electron chi connectivity index (χ1n) is 8.16. The largest absolute Gasteiger partial charge is 0.496 e. The number of benzene rings is 1. The van der Waals surface area contributed by atoms with Crippen LogP contribution in [0.1, 0.15) is 51.5 Å². The van der Waals surface area contributed by atoms with Crippen molar-refractivity contribution in [2.75, 3.05) is 7.11 Å². The van der Waals surface area contributed by atoms with Crippen LogP contribution in [0, 0.1) is 11.8 Å². The van der Waals surface area contributed by atoms with Gasteiger partial charge in [-0.1, -0.05) is 44.4 Å². The summed E-state index contributed by atoms with van der Waals surface area (Å²) in [5.41, 5.74) is 1.08. The van der Waals surface area contributed by atoms with Gasteiger partial charge >= 0.3 is 0 Å². The Morgan fingerprint density at radius 2 is 2.05 bits per heavy atom. The maximum atomic E-state index is 6.30. The second-order valence-electron chi connectivity index (χ2n) is 6.51. The number of halogens is 1. The molecule has 0 saturated heterocycles. The van der Waals surface area contributed by atoms with Gasteiger partial charge in [-0.3, -0.25) is 0 Å². The minimum atomic E-state index is 0.606. The Morgan fingerprint density at radius 1 is 1.24 bits per heavy atom. The zero-order chi connectivity index (χ0) is 15.2. The van der Waals surface area contributed by atoms with Crippen LogP contribution < -0.4 is 10.1 Å². The second kappa shape index (κ2) is 8.05. The molecule has 1 aromatic rings. The molecule has 0 aromatic heterocycles. The molecule has 2 rings (SSSR count). The predicted molar refractivity (Wildman–Crippen MR) is 90.0 cm³/mol. The Labute approximate surface area is 134 Å². The zero-order valence-corrected chi connectivity index (χ0v) is 14.2. The SMILES string of the molecule is COc1cccc(Cl)c1CNC1CCCC(C(C)C)CC1. The van der Waals surface area contributed by atoms with E-state index in [1.54, 1.807) is 7.11 Å². The maximum Gasteiger partial charge on any atom is 0.124 e. The van der Waals surface area contributed by atoms with E-state index in [1.165, 1.54) is 32.1 Å². The van der Waals surface area contributed by atoms with Crippen molar-refractivity contribution in [3.8, 4) is 5.75 Å². The minimum absolute atomic E-state index is 0.606. The quantitative estimate of drug-likeness (QED) is 0.769. The van der Waals surface area contributed by atoms with E-state index in [9.17, 15) is 0 Å². The van der Waals surface area contributed by atoms with Crippen molar-refractivity contribution in [2.24, 2.45) is 11.8 Å². The van der Waals surface area contributed by atoms with E-state index < -0.39 is 0 Å². The van der Waals surface area contributed by atoms with Gasteiger partial charge in [0.1, 0.15) is 5.75 Å². The standard InChI is InChI=1S/C18H28ClNO/c1-13(2)14-6-4-7-15(11-10-14)20-12-16-17(19)8-5-9-18(16)21-3/h5,8-9,13-15,20H,4,6-7,10-12H2,1-3H3. The topological polar surface area (TPSA) is 21.3 Å². The summed E-state index contributed by atoms with van der Waals surface area (Å²) >= 11 is 6.30. The minimum Gasteiger partial charge on any atom is -0.496 e. The van der Waals surface area contributed by atoms with Crippen molar-refractivity contribution >= 4 is 11.6 Å². The van der Waals surface area contributed by atoms with Crippen LogP contribution in [0.4, 0.5) is 0 Å². The Bertz CT molecular complexity index is 447. The molecule has 1 aromatic carbocycles. The van der Waals surface area contributed by atoms with Crippen molar-refractivity contribution in [3.05, 3.63) is 28.8 Å². The van der Waals surface area contributed by atoms with Gasteiger partial charge < -0.3 is 10.1 Å². The lowest BCUT2D eigenvalue weighted by Gasteiger charge is -2.20. The van der Waals surface area contributed by atoms with Crippen molar-refractivity contribution in [1.29, 1.82) is 0 Å². The fraction of sp³-hybridized carbons (Fsp3) is 0.667. The highest BCUT2D eigenvalue weighted by Crippen LogP contribution is 2.30. The van der Waals surface area contributed by atoms with Crippen molar-refractivity contribution in [3.63, 3.8) is 0 Å². The summed E-state index contributed by atoms with van der Waals surface area (Å²) in [5.74, 6) is 2.59. The molecule has 0 radical (unpaired) electrons. The van der Waals surface area contributed by atoms with Gasteiger partial charge in [-0.25, -0.2) is 0 Å². The molecule has 1 N–H and O–H groups in total. The third kappa shape index (κ3) is 4.62. The highest BCUT2D eigenvalue weighted by molar-refractivity contribution is 6.31. The molecule has 0 amide bonds. The van der Waals surface area contributed by atoms with Crippen LogP contribution in [0.25, 0.3) is 0 Å². The molecule has 2 nitrogen and oxygen atoms in total. The van der Waals surface area contributed by atoms with E-state index in [1.807, 2.05) is 18.2 Å². The molecular formula is C18H28ClNO. The van der Waals surface area contributed by atoms with Crippen molar-refractivity contribution < 1.29 is 4.74 Å². The third-order valence-corrected chi connectivity index (χ3v) is 5.17. The lowest BCUT2D eigenvalue weighted by Crippen LogP contribution is -2.28. The summed E-state index contributed by atoms with van der Waals surface area (Å²) in [6, 6.07) is 6.45. The predicted octanol–water partition coefficient (Wildman–Crippen LogP) is 5.04. The van der Waals surface area contributed by atoms with Gasteiger partial charge in [0.15, 0.2) is 0 Å². The Hall–Kier alpha value is -0.730. The highest BCUT2D eigenvalue weighted by Gasteiger charge is 2.21. The fourth-order valence-corrected chi connectivity index (χ4v) is 3.58. The zero-order valence-electron chi connectivity index (χ0n) is 13.5. The van der Waals surface area contributed by atoms with Crippen molar-refractivity contribution in [2.45, 2.75) is 58.5 Å². The van der Waals surface area contributed by atoms with Crippen LogP contribution in [0.5, 0.6) is 5.75 Å². The van der Waals surface area contributed by atoms with Gasteiger partial charge in [-0.05, 0) is 43.2 Å².